The predicted molar refractivity (Wildman–Crippen MR) is 74.4 cm³/mol. The molecular weight excluding hydrogens is 224 g/mol. The summed E-state index contributed by atoms with van der Waals surface area (Å²) >= 11 is 0. The summed E-state index contributed by atoms with van der Waals surface area (Å²) in [7, 11) is 2.16. The molecule has 0 radical (unpaired) electrons. The molecule has 1 heterocycles. The number of likely N-dealkylation sites (N-methyl/N-ethyl adjacent to an activating group) is 1. The van der Waals surface area contributed by atoms with Crippen molar-refractivity contribution < 1.29 is 5.11 Å². The van der Waals surface area contributed by atoms with E-state index in [0.29, 0.717) is 12.1 Å². The lowest BCUT2D eigenvalue weighted by Gasteiger charge is -2.43. The largest absolute Gasteiger partial charge is 0.396 e. The maximum Gasteiger partial charge on any atom is 0.0446 e. The highest BCUT2D eigenvalue weighted by molar-refractivity contribution is 5.14. The van der Waals surface area contributed by atoms with Crippen LogP contribution in [0.15, 0.2) is 30.3 Å². The van der Waals surface area contributed by atoms with Gasteiger partial charge < -0.3 is 10.0 Å². The van der Waals surface area contributed by atoms with Crippen molar-refractivity contribution in [3.8, 4) is 0 Å². The van der Waals surface area contributed by atoms with Crippen molar-refractivity contribution in [3.05, 3.63) is 35.9 Å². The fourth-order valence-electron chi connectivity index (χ4n) is 2.77. The van der Waals surface area contributed by atoms with Crippen LogP contribution in [0.5, 0.6) is 0 Å². The molecule has 0 saturated carbocycles. The van der Waals surface area contributed by atoms with Gasteiger partial charge in [0.25, 0.3) is 0 Å². The third kappa shape index (κ3) is 3.31. The molecule has 1 unspecified atom stereocenters. The van der Waals surface area contributed by atoms with E-state index in [4.69, 9.17) is 5.11 Å². The normalized spacial score (nSPS) is 26.4. The number of rotatable bonds is 4. The van der Waals surface area contributed by atoms with Gasteiger partial charge in [0.1, 0.15) is 0 Å². The highest BCUT2D eigenvalue weighted by Crippen LogP contribution is 2.18. The van der Waals surface area contributed by atoms with Gasteiger partial charge >= 0.3 is 0 Å². The lowest BCUT2D eigenvalue weighted by atomic mass is 10.0. The molecule has 1 saturated heterocycles. The summed E-state index contributed by atoms with van der Waals surface area (Å²) in [6.07, 6.45) is 0.870. The Labute approximate surface area is 110 Å². The monoisotopic (exact) mass is 248 g/mol. The standard InChI is InChI=1S/C15H24N2O/c1-13-10-16(2)15(8-9-18)12-17(13)11-14-6-4-3-5-7-14/h3-7,13,15,18H,8-12H2,1-2H3/t13-,15?/m0/s1. The van der Waals surface area contributed by atoms with Crippen molar-refractivity contribution >= 4 is 0 Å². The van der Waals surface area contributed by atoms with Gasteiger partial charge in [0.05, 0.1) is 0 Å². The molecule has 2 rings (SSSR count). The quantitative estimate of drug-likeness (QED) is 0.876. The first-order valence-electron chi connectivity index (χ1n) is 6.79. The van der Waals surface area contributed by atoms with Gasteiger partial charge in [-0.1, -0.05) is 30.3 Å². The molecular formula is C15H24N2O. The Morgan fingerprint density at radius 1 is 1.22 bits per heavy atom. The molecule has 100 valence electrons. The minimum atomic E-state index is 0.280. The maximum absolute atomic E-state index is 9.13. The summed E-state index contributed by atoms with van der Waals surface area (Å²) in [4.78, 5) is 4.90. The summed E-state index contributed by atoms with van der Waals surface area (Å²) in [6.45, 7) is 5.71. The van der Waals surface area contributed by atoms with Gasteiger partial charge in [-0.3, -0.25) is 4.90 Å². The van der Waals surface area contributed by atoms with E-state index in [-0.39, 0.29) is 6.61 Å². The second-order valence-electron chi connectivity index (χ2n) is 5.37. The van der Waals surface area contributed by atoms with Gasteiger partial charge in [-0.15, -0.1) is 0 Å². The summed E-state index contributed by atoms with van der Waals surface area (Å²) < 4.78 is 0. The van der Waals surface area contributed by atoms with Crippen LogP contribution >= 0.6 is 0 Å². The van der Waals surface area contributed by atoms with Gasteiger partial charge in [-0.05, 0) is 26.0 Å². The van der Waals surface area contributed by atoms with Gasteiger partial charge in [-0.25, -0.2) is 0 Å². The fourth-order valence-corrected chi connectivity index (χ4v) is 2.77. The number of nitrogens with zero attached hydrogens (tertiary/aromatic N) is 2. The van der Waals surface area contributed by atoms with Crippen LogP contribution in [0.4, 0.5) is 0 Å². The lowest BCUT2D eigenvalue weighted by Crippen LogP contribution is -2.55. The van der Waals surface area contributed by atoms with Gasteiger partial charge in [0.15, 0.2) is 0 Å². The summed E-state index contributed by atoms with van der Waals surface area (Å²) in [5.41, 5.74) is 1.37. The number of benzene rings is 1. The van der Waals surface area contributed by atoms with Gasteiger partial charge in [-0.2, -0.15) is 0 Å². The van der Waals surface area contributed by atoms with Crippen LogP contribution in [0.1, 0.15) is 18.9 Å². The van der Waals surface area contributed by atoms with Crippen LogP contribution < -0.4 is 0 Å². The zero-order valence-electron chi connectivity index (χ0n) is 11.4. The zero-order chi connectivity index (χ0) is 13.0. The van der Waals surface area contributed by atoms with E-state index in [1.807, 2.05) is 0 Å². The second-order valence-corrected chi connectivity index (χ2v) is 5.37. The van der Waals surface area contributed by atoms with Crippen molar-refractivity contribution in [2.75, 3.05) is 26.7 Å². The first-order chi connectivity index (χ1) is 8.70. The minimum Gasteiger partial charge on any atom is -0.396 e. The van der Waals surface area contributed by atoms with Gasteiger partial charge in [0.2, 0.25) is 0 Å². The third-order valence-corrected chi connectivity index (χ3v) is 3.93. The average Bonchev–Trinajstić information content (AvgIpc) is 2.37. The minimum absolute atomic E-state index is 0.280. The van der Waals surface area contributed by atoms with E-state index in [1.165, 1.54) is 5.56 Å². The van der Waals surface area contributed by atoms with Crippen molar-refractivity contribution in [3.63, 3.8) is 0 Å². The van der Waals surface area contributed by atoms with E-state index >= 15 is 0 Å². The summed E-state index contributed by atoms with van der Waals surface area (Å²) in [6, 6.07) is 11.7. The Kier molecular flexibility index (Phi) is 4.75. The van der Waals surface area contributed by atoms with Crippen molar-refractivity contribution in [1.29, 1.82) is 0 Å². The van der Waals surface area contributed by atoms with Crippen molar-refractivity contribution in [2.45, 2.75) is 32.0 Å². The van der Waals surface area contributed by atoms with Crippen LogP contribution in [0.3, 0.4) is 0 Å². The third-order valence-electron chi connectivity index (χ3n) is 3.93. The molecule has 3 nitrogen and oxygen atoms in total. The van der Waals surface area contributed by atoms with Crippen LogP contribution in [0, 0.1) is 0 Å². The van der Waals surface area contributed by atoms with Crippen LogP contribution in [0.2, 0.25) is 0 Å². The molecule has 3 heteroatoms. The SMILES string of the molecule is C[C@H]1CN(C)C(CCO)CN1Cc1ccccc1. The molecule has 1 aromatic carbocycles. The predicted octanol–water partition coefficient (Wildman–Crippen LogP) is 1.57. The second kappa shape index (κ2) is 6.32. The molecule has 0 aliphatic carbocycles. The summed E-state index contributed by atoms with van der Waals surface area (Å²) in [5, 5.41) is 9.13. The molecule has 0 aromatic heterocycles. The molecule has 0 spiro atoms. The Hall–Kier alpha value is -0.900. The van der Waals surface area contributed by atoms with E-state index in [9.17, 15) is 0 Å². The first kappa shape index (κ1) is 13.5. The zero-order valence-corrected chi connectivity index (χ0v) is 11.4. The average molecular weight is 248 g/mol. The van der Waals surface area contributed by atoms with E-state index in [1.54, 1.807) is 0 Å². The van der Waals surface area contributed by atoms with E-state index in [0.717, 1.165) is 26.1 Å². The number of aliphatic hydroxyl groups excluding tert-OH is 1. The summed E-state index contributed by atoms with van der Waals surface area (Å²) in [5.74, 6) is 0. The number of aliphatic hydroxyl groups is 1. The molecule has 1 fully saturated rings. The molecule has 1 aliphatic rings. The Bertz CT molecular complexity index is 355. The van der Waals surface area contributed by atoms with E-state index in [2.05, 4.69) is 54.1 Å². The lowest BCUT2D eigenvalue weighted by molar-refractivity contribution is 0.0359. The Morgan fingerprint density at radius 2 is 1.94 bits per heavy atom. The topological polar surface area (TPSA) is 26.7 Å². The van der Waals surface area contributed by atoms with E-state index < -0.39 is 0 Å². The maximum atomic E-state index is 9.13. The Morgan fingerprint density at radius 3 is 2.61 bits per heavy atom. The van der Waals surface area contributed by atoms with Crippen LogP contribution in [0.25, 0.3) is 0 Å². The van der Waals surface area contributed by atoms with Crippen LogP contribution in [-0.2, 0) is 6.54 Å². The van der Waals surface area contributed by atoms with Crippen molar-refractivity contribution in [2.24, 2.45) is 0 Å². The molecule has 18 heavy (non-hydrogen) atoms. The number of hydrogen-bond acceptors (Lipinski definition) is 3. The highest BCUT2D eigenvalue weighted by atomic mass is 16.3. The molecule has 0 amide bonds. The number of hydrogen-bond donors (Lipinski definition) is 1. The van der Waals surface area contributed by atoms with Crippen molar-refractivity contribution in [1.82, 2.24) is 9.80 Å². The van der Waals surface area contributed by atoms with Crippen LogP contribution in [-0.4, -0.2) is 53.7 Å². The molecule has 1 aliphatic heterocycles. The first-order valence-corrected chi connectivity index (χ1v) is 6.79. The fraction of sp³-hybridized carbons (Fsp3) is 0.600. The molecule has 1 N–H and O–H groups in total. The molecule has 1 aromatic rings. The smallest absolute Gasteiger partial charge is 0.0446 e. The molecule has 0 bridgehead atoms. The molecule has 2 atom stereocenters. The van der Waals surface area contributed by atoms with Gasteiger partial charge in [0, 0.05) is 38.3 Å². The number of piperazine rings is 1. The highest BCUT2D eigenvalue weighted by Gasteiger charge is 2.28. The Balaban J connectivity index is 1.99.